The van der Waals surface area contributed by atoms with E-state index in [2.05, 4.69) is 9.82 Å². The molecule has 1 aromatic heterocycles. The van der Waals surface area contributed by atoms with Crippen LogP contribution in [0.25, 0.3) is 5.69 Å². The number of anilines is 1. The second kappa shape index (κ2) is 6.37. The summed E-state index contributed by atoms with van der Waals surface area (Å²) in [6.45, 7) is 7.29. The van der Waals surface area contributed by atoms with Crippen LogP contribution in [0.4, 0.5) is 5.69 Å². The van der Waals surface area contributed by atoms with Crippen molar-refractivity contribution in [2.24, 2.45) is 0 Å². The van der Waals surface area contributed by atoms with Crippen LogP contribution < -0.4 is 4.72 Å². The average molecular weight is 355 g/mol. The van der Waals surface area contributed by atoms with Gasteiger partial charge in [-0.3, -0.25) is 4.72 Å². The molecule has 130 valence electrons. The van der Waals surface area contributed by atoms with Gasteiger partial charge in [0, 0.05) is 0 Å². The van der Waals surface area contributed by atoms with E-state index >= 15 is 0 Å². The molecule has 0 radical (unpaired) electrons. The number of benzene rings is 2. The summed E-state index contributed by atoms with van der Waals surface area (Å²) in [5, 5.41) is 4.43. The van der Waals surface area contributed by atoms with Crippen molar-refractivity contribution in [1.82, 2.24) is 9.78 Å². The fraction of sp³-hybridized carbons (Fsp3) is 0.211. The zero-order chi connectivity index (χ0) is 18.2. The number of hydrogen-bond acceptors (Lipinski definition) is 3. The smallest absolute Gasteiger partial charge is 0.265 e. The summed E-state index contributed by atoms with van der Waals surface area (Å²) in [4.78, 5) is 0.220. The minimum Gasteiger partial charge on any atom is -0.279 e. The maximum Gasteiger partial charge on any atom is 0.265 e. The second-order valence-electron chi connectivity index (χ2n) is 6.17. The number of aryl methyl sites for hydroxylation is 3. The molecule has 1 N–H and O–H groups in total. The van der Waals surface area contributed by atoms with Gasteiger partial charge in [0.15, 0.2) is 0 Å². The van der Waals surface area contributed by atoms with Crippen LogP contribution in [0.1, 0.15) is 22.5 Å². The van der Waals surface area contributed by atoms with Crippen LogP contribution in [-0.2, 0) is 10.0 Å². The lowest BCUT2D eigenvalue weighted by Gasteiger charge is -2.12. The fourth-order valence-corrected chi connectivity index (χ4v) is 4.40. The molecular weight excluding hydrogens is 334 g/mol. The number of nitrogens with one attached hydrogen (secondary N) is 1. The van der Waals surface area contributed by atoms with E-state index in [4.69, 9.17) is 0 Å². The second-order valence-corrected chi connectivity index (χ2v) is 7.79. The molecule has 0 atom stereocenters. The van der Waals surface area contributed by atoms with Crippen molar-refractivity contribution in [3.8, 4) is 5.69 Å². The average Bonchev–Trinajstić information content (AvgIpc) is 2.87. The molecule has 0 aliphatic rings. The molecule has 0 unspecified atom stereocenters. The molecule has 5 nitrogen and oxygen atoms in total. The Bertz CT molecular complexity index is 1020. The van der Waals surface area contributed by atoms with Crippen LogP contribution in [0.2, 0.25) is 0 Å². The van der Waals surface area contributed by atoms with Gasteiger partial charge in [-0.2, -0.15) is 5.10 Å². The Kier molecular flexibility index (Phi) is 4.39. The quantitative estimate of drug-likeness (QED) is 0.772. The van der Waals surface area contributed by atoms with Crippen molar-refractivity contribution in [2.75, 3.05) is 4.72 Å². The summed E-state index contributed by atoms with van der Waals surface area (Å²) in [5.74, 6) is 0. The lowest BCUT2D eigenvalue weighted by atomic mass is 10.1. The fourth-order valence-electron chi connectivity index (χ4n) is 2.88. The topological polar surface area (TPSA) is 64.0 Å². The summed E-state index contributed by atoms with van der Waals surface area (Å²) in [6.07, 6.45) is 0. The van der Waals surface area contributed by atoms with Crippen LogP contribution in [0, 0.1) is 27.7 Å². The minimum absolute atomic E-state index is 0.220. The molecule has 0 aliphatic heterocycles. The molecule has 6 heteroatoms. The third kappa shape index (κ3) is 3.30. The zero-order valence-corrected chi connectivity index (χ0v) is 15.6. The maximum absolute atomic E-state index is 13.0. The molecule has 0 amide bonds. The van der Waals surface area contributed by atoms with Gasteiger partial charge in [-0.05, 0) is 57.0 Å². The summed E-state index contributed by atoms with van der Waals surface area (Å²) in [5.41, 5.74) is 4.35. The number of rotatable bonds is 4. The molecule has 0 fully saturated rings. The summed E-state index contributed by atoms with van der Waals surface area (Å²) in [7, 11) is -3.73. The molecule has 3 aromatic rings. The van der Waals surface area contributed by atoms with Gasteiger partial charge in [-0.1, -0.05) is 30.3 Å². The van der Waals surface area contributed by atoms with Crippen molar-refractivity contribution < 1.29 is 8.42 Å². The largest absolute Gasteiger partial charge is 0.279 e. The van der Waals surface area contributed by atoms with Crippen molar-refractivity contribution >= 4 is 15.7 Å². The summed E-state index contributed by atoms with van der Waals surface area (Å²) >= 11 is 0. The van der Waals surface area contributed by atoms with E-state index in [0.717, 1.165) is 16.8 Å². The molecule has 0 saturated heterocycles. The Hall–Kier alpha value is -2.60. The maximum atomic E-state index is 13.0. The summed E-state index contributed by atoms with van der Waals surface area (Å²) in [6, 6.07) is 15.2. The van der Waals surface area contributed by atoms with Crippen LogP contribution in [0.5, 0.6) is 0 Å². The van der Waals surface area contributed by atoms with E-state index in [0.29, 0.717) is 17.1 Å². The first-order valence-corrected chi connectivity index (χ1v) is 9.49. The Balaban J connectivity index is 2.06. The van der Waals surface area contributed by atoms with E-state index in [-0.39, 0.29) is 4.90 Å². The van der Waals surface area contributed by atoms with Crippen LogP contribution in [-0.4, -0.2) is 18.2 Å². The molecule has 0 saturated carbocycles. The van der Waals surface area contributed by atoms with Gasteiger partial charge in [0.05, 0.1) is 22.8 Å². The number of sulfonamides is 1. The van der Waals surface area contributed by atoms with Gasteiger partial charge < -0.3 is 0 Å². The van der Waals surface area contributed by atoms with Crippen molar-refractivity contribution in [1.29, 1.82) is 0 Å². The van der Waals surface area contributed by atoms with E-state index in [9.17, 15) is 8.42 Å². The highest BCUT2D eigenvalue weighted by Crippen LogP contribution is 2.26. The van der Waals surface area contributed by atoms with Crippen LogP contribution >= 0.6 is 0 Å². The van der Waals surface area contributed by atoms with Gasteiger partial charge in [-0.25, -0.2) is 13.1 Å². The standard InChI is InChI=1S/C19H21N3O2S/c1-13-10-11-14(2)18(12-13)21-25(23,24)19-15(3)20-22(16(19)4)17-8-6-5-7-9-17/h5-12,21H,1-4H3. The van der Waals surface area contributed by atoms with E-state index in [1.807, 2.05) is 62.4 Å². The first kappa shape index (κ1) is 17.2. The predicted molar refractivity (Wildman–Crippen MR) is 99.8 cm³/mol. The number of nitrogens with zero attached hydrogens (tertiary/aromatic N) is 2. The lowest BCUT2D eigenvalue weighted by Crippen LogP contribution is -2.15. The normalized spacial score (nSPS) is 11.5. The summed E-state index contributed by atoms with van der Waals surface area (Å²) < 4.78 is 30.3. The SMILES string of the molecule is Cc1ccc(C)c(NS(=O)(=O)c2c(C)nn(-c3ccccc3)c2C)c1. The van der Waals surface area contributed by atoms with E-state index < -0.39 is 10.0 Å². The van der Waals surface area contributed by atoms with E-state index in [1.165, 1.54) is 0 Å². The van der Waals surface area contributed by atoms with Crippen molar-refractivity contribution in [2.45, 2.75) is 32.6 Å². The van der Waals surface area contributed by atoms with Gasteiger partial charge in [0.25, 0.3) is 10.0 Å². The Morgan fingerprint density at radius 3 is 2.32 bits per heavy atom. The van der Waals surface area contributed by atoms with Gasteiger partial charge in [-0.15, -0.1) is 0 Å². The highest BCUT2D eigenvalue weighted by atomic mass is 32.2. The zero-order valence-electron chi connectivity index (χ0n) is 14.7. The van der Waals surface area contributed by atoms with E-state index in [1.54, 1.807) is 18.5 Å². The first-order valence-electron chi connectivity index (χ1n) is 8.01. The molecule has 0 bridgehead atoms. The number of aromatic nitrogens is 2. The van der Waals surface area contributed by atoms with Gasteiger partial charge in [0.2, 0.25) is 0 Å². The molecule has 2 aromatic carbocycles. The van der Waals surface area contributed by atoms with Gasteiger partial charge in [0.1, 0.15) is 4.90 Å². The molecule has 1 heterocycles. The van der Waals surface area contributed by atoms with Gasteiger partial charge >= 0.3 is 0 Å². The number of hydrogen-bond donors (Lipinski definition) is 1. The Labute approximate surface area is 148 Å². The van der Waals surface area contributed by atoms with Crippen molar-refractivity contribution in [3.63, 3.8) is 0 Å². The first-order chi connectivity index (χ1) is 11.8. The third-order valence-corrected chi connectivity index (χ3v) is 5.75. The number of para-hydroxylation sites is 1. The van der Waals surface area contributed by atoms with Crippen molar-refractivity contribution in [3.05, 3.63) is 71.0 Å². The molecule has 0 aliphatic carbocycles. The van der Waals surface area contributed by atoms with Crippen LogP contribution in [0.3, 0.4) is 0 Å². The Morgan fingerprint density at radius 2 is 1.64 bits per heavy atom. The predicted octanol–water partition coefficient (Wildman–Crippen LogP) is 3.91. The third-order valence-electron chi connectivity index (χ3n) is 4.13. The lowest BCUT2D eigenvalue weighted by molar-refractivity contribution is 0.600. The minimum atomic E-state index is -3.73. The molecule has 3 rings (SSSR count). The molecule has 25 heavy (non-hydrogen) atoms. The Morgan fingerprint density at radius 1 is 0.960 bits per heavy atom. The highest BCUT2D eigenvalue weighted by Gasteiger charge is 2.25. The van der Waals surface area contributed by atoms with Crippen LogP contribution in [0.15, 0.2) is 53.4 Å². The molecule has 0 spiro atoms. The highest BCUT2D eigenvalue weighted by molar-refractivity contribution is 7.92. The molecular formula is C19H21N3O2S. The monoisotopic (exact) mass is 355 g/mol.